The molecule has 5 nitrogen and oxygen atoms in total. The molecule has 0 bridgehead atoms. The Morgan fingerprint density at radius 1 is 1.17 bits per heavy atom. The maximum Gasteiger partial charge on any atom is 0.332 e. The summed E-state index contributed by atoms with van der Waals surface area (Å²) in [6.45, 7) is 0.440. The zero-order valence-electron chi connectivity index (χ0n) is 10.6. The maximum atomic E-state index is 11.7. The predicted octanol–water partition coefficient (Wildman–Crippen LogP) is 1.32. The van der Waals surface area contributed by atoms with Gasteiger partial charge in [0.15, 0.2) is 6.10 Å². The smallest absolute Gasteiger partial charge is 0.332 e. The number of rotatable bonds is 5. The van der Waals surface area contributed by atoms with Crippen molar-refractivity contribution in [1.29, 1.82) is 0 Å². The molecule has 2 aliphatic rings. The van der Waals surface area contributed by atoms with Crippen molar-refractivity contribution in [3.8, 4) is 0 Å². The third-order valence-electron chi connectivity index (χ3n) is 3.86. The molecule has 2 N–H and O–H groups in total. The highest BCUT2D eigenvalue weighted by Crippen LogP contribution is 2.27. The van der Waals surface area contributed by atoms with Gasteiger partial charge in [-0.2, -0.15) is 0 Å². The molecule has 1 aliphatic carbocycles. The number of aliphatic carboxylic acids is 1. The van der Waals surface area contributed by atoms with Crippen molar-refractivity contribution in [2.24, 2.45) is 5.92 Å². The Labute approximate surface area is 107 Å². The second kappa shape index (κ2) is 6.18. The van der Waals surface area contributed by atoms with Crippen LogP contribution in [-0.4, -0.2) is 35.7 Å². The van der Waals surface area contributed by atoms with Crippen molar-refractivity contribution in [2.45, 2.75) is 57.2 Å². The molecule has 0 spiro atoms. The zero-order chi connectivity index (χ0) is 13.0. The lowest BCUT2D eigenvalue weighted by Gasteiger charge is -2.13. The molecule has 2 atom stereocenters. The highest BCUT2D eigenvalue weighted by Gasteiger charge is 2.30. The van der Waals surface area contributed by atoms with Crippen LogP contribution in [0.2, 0.25) is 0 Å². The highest BCUT2D eigenvalue weighted by molar-refractivity contribution is 5.76. The van der Waals surface area contributed by atoms with Gasteiger partial charge in [0.2, 0.25) is 5.91 Å². The number of nitrogens with one attached hydrogen (secondary N) is 1. The Morgan fingerprint density at radius 3 is 2.50 bits per heavy atom. The van der Waals surface area contributed by atoms with Crippen molar-refractivity contribution in [1.82, 2.24) is 5.32 Å². The van der Waals surface area contributed by atoms with Crippen LogP contribution in [0.15, 0.2) is 0 Å². The van der Waals surface area contributed by atoms with Crippen LogP contribution in [0, 0.1) is 5.92 Å². The van der Waals surface area contributed by atoms with Crippen LogP contribution in [0.1, 0.15) is 44.9 Å². The fraction of sp³-hybridized carbons (Fsp3) is 0.846. The molecule has 1 heterocycles. The number of hydrogen-bond acceptors (Lipinski definition) is 3. The second-order valence-electron chi connectivity index (χ2n) is 5.32. The average Bonchev–Trinajstić information content (AvgIpc) is 2.96. The summed E-state index contributed by atoms with van der Waals surface area (Å²) in [6.07, 6.45) is 5.82. The average molecular weight is 255 g/mol. The summed E-state index contributed by atoms with van der Waals surface area (Å²) >= 11 is 0. The first-order valence-corrected chi connectivity index (χ1v) is 6.80. The molecule has 18 heavy (non-hydrogen) atoms. The Morgan fingerprint density at radius 2 is 1.89 bits per heavy atom. The number of ether oxygens (including phenoxy) is 1. The maximum absolute atomic E-state index is 11.7. The van der Waals surface area contributed by atoms with E-state index in [0.29, 0.717) is 31.7 Å². The van der Waals surface area contributed by atoms with Crippen molar-refractivity contribution >= 4 is 11.9 Å². The monoisotopic (exact) mass is 255 g/mol. The molecular formula is C13H21NO4. The van der Waals surface area contributed by atoms with Gasteiger partial charge >= 0.3 is 5.97 Å². The lowest BCUT2D eigenvalue weighted by molar-refractivity contribution is -0.149. The van der Waals surface area contributed by atoms with Gasteiger partial charge < -0.3 is 15.2 Å². The van der Waals surface area contributed by atoms with Crippen molar-refractivity contribution in [3.63, 3.8) is 0 Å². The van der Waals surface area contributed by atoms with Gasteiger partial charge in [-0.1, -0.05) is 12.8 Å². The molecule has 2 unspecified atom stereocenters. The fourth-order valence-corrected chi connectivity index (χ4v) is 2.81. The third kappa shape index (κ3) is 3.70. The Hall–Kier alpha value is -1.10. The SMILES string of the molecule is O=C(CC1CCCC1)NCC1CCC(C(=O)O)O1. The van der Waals surface area contributed by atoms with E-state index in [4.69, 9.17) is 9.84 Å². The molecule has 0 aromatic heterocycles. The van der Waals surface area contributed by atoms with Crippen LogP contribution >= 0.6 is 0 Å². The van der Waals surface area contributed by atoms with Gasteiger partial charge in [0.05, 0.1) is 6.10 Å². The minimum absolute atomic E-state index is 0.0734. The van der Waals surface area contributed by atoms with E-state index in [1.54, 1.807) is 0 Å². The molecule has 1 saturated carbocycles. The Balaban J connectivity index is 1.62. The summed E-state index contributed by atoms with van der Waals surface area (Å²) in [5, 5.41) is 11.6. The first kappa shape index (κ1) is 13.3. The molecule has 0 radical (unpaired) electrons. The highest BCUT2D eigenvalue weighted by atomic mass is 16.5. The molecule has 2 fully saturated rings. The van der Waals surface area contributed by atoms with Crippen molar-refractivity contribution < 1.29 is 19.4 Å². The van der Waals surface area contributed by atoms with Crippen LogP contribution < -0.4 is 5.32 Å². The van der Waals surface area contributed by atoms with Crippen LogP contribution in [-0.2, 0) is 14.3 Å². The lowest BCUT2D eigenvalue weighted by atomic mass is 10.0. The number of carbonyl (C=O) groups is 2. The summed E-state index contributed by atoms with van der Waals surface area (Å²) in [7, 11) is 0. The number of carboxylic acids is 1. The van der Waals surface area contributed by atoms with E-state index in [1.807, 2.05) is 0 Å². The molecule has 0 aromatic rings. The van der Waals surface area contributed by atoms with Crippen LogP contribution in [0.5, 0.6) is 0 Å². The summed E-state index contributed by atoms with van der Waals surface area (Å²) in [5.74, 6) is -0.291. The molecule has 1 saturated heterocycles. The van der Waals surface area contributed by atoms with E-state index in [0.717, 1.165) is 12.8 Å². The third-order valence-corrected chi connectivity index (χ3v) is 3.86. The standard InChI is InChI=1S/C13H21NO4/c15-12(7-9-3-1-2-4-9)14-8-10-5-6-11(18-10)13(16)17/h9-11H,1-8H2,(H,14,15)(H,16,17). The molecule has 102 valence electrons. The van der Waals surface area contributed by atoms with E-state index in [1.165, 1.54) is 12.8 Å². The molecular weight excluding hydrogens is 234 g/mol. The summed E-state index contributed by atoms with van der Waals surface area (Å²) in [6, 6.07) is 0. The van der Waals surface area contributed by atoms with E-state index < -0.39 is 12.1 Å². The second-order valence-corrected chi connectivity index (χ2v) is 5.32. The molecule has 0 aromatic carbocycles. The van der Waals surface area contributed by atoms with Gasteiger partial charge in [-0.25, -0.2) is 4.79 Å². The van der Waals surface area contributed by atoms with Gasteiger partial charge in [0, 0.05) is 13.0 Å². The van der Waals surface area contributed by atoms with Crippen LogP contribution in [0.25, 0.3) is 0 Å². The predicted molar refractivity (Wildman–Crippen MR) is 65.1 cm³/mol. The minimum atomic E-state index is -0.908. The topological polar surface area (TPSA) is 75.6 Å². The quantitative estimate of drug-likeness (QED) is 0.776. The number of amides is 1. The van der Waals surface area contributed by atoms with Gasteiger partial charge in [-0.15, -0.1) is 0 Å². The molecule has 1 amide bonds. The van der Waals surface area contributed by atoms with Crippen LogP contribution in [0.3, 0.4) is 0 Å². The van der Waals surface area contributed by atoms with Gasteiger partial charge in [0.1, 0.15) is 0 Å². The van der Waals surface area contributed by atoms with E-state index in [2.05, 4.69) is 5.32 Å². The zero-order valence-corrected chi connectivity index (χ0v) is 10.6. The summed E-state index contributed by atoms with van der Waals surface area (Å²) < 4.78 is 5.33. The molecule has 5 heteroatoms. The van der Waals surface area contributed by atoms with Crippen molar-refractivity contribution in [3.05, 3.63) is 0 Å². The normalized spacial score (nSPS) is 28.4. The van der Waals surface area contributed by atoms with Gasteiger partial charge in [-0.3, -0.25) is 4.79 Å². The van der Waals surface area contributed by atoms with Gasteiger partial charge in [0.25, 0.3) is 0 Å². The Kier molecular flexibility index (Phi) is 4.58. The minimum Gasteiger partial charge on any atom is -0.479 e. The Bertz CT molecular complexity index is 312. The van der Waals surface area contributed by atoms with Crippen LogP contribution in [0.4, 0.5) is 0 Å². The lowest BCUT2D eigenvalue weighted by Crippen LogP contribution is -2.33. The number of hydrogen-bond donors (Lipinski definition) is 2. The number of carboxylic acid groups (broad SMARTS) is 1. The van der Waals surface area contributed by atoms with E-state index in [-0.39, 0.29) is 12.0 Å². The first-order chi connectivity index (χ1) is 8.65. The number of carbonyl (C=O) groups excluding carboxylic acids is 1. The fourth-order valence-electron chi connectivity index (χ4n) is 2.81. The van der Waals surface area contributed by atoms with Crippen molar-refractivity contribution in [2.75, 3.05) is 6.54 Å². The molecule has 1 aliphatic heterocycles. The molecule has 2 rings (SSSR count). The largest absolute Gasteiger partial charge is 0.479 e. The van der Waals surface area contributed by atoms with E-state index >= 15 is 0 Å². The summed E-state index contributed by atoms with van der Waals surface area (Å²) in [5.41, 5.74) is 0. The van der Waals surface area contributed by atoms with E-state index in [9.17, 15) is 9.59 Å². The first-order valence-electron chi connectivity index (χ1n) is 6.80. The summed E-state index contributed by atoms with van der Waals surface area (Å²) in [4.78, 5) is 22.4. The van der Waals surface area contributed by atoms with Gasteiger partial charge in [-0.05, 0) is 31.6 Å².